The lowest BCUT2D eigenvalue weighted by Crippen LogP contribution is -2.47. The summed E-state index contributed by atoms with van der Waals surface area (Å²) in [6.07, 6.45) is -8.59. The van der Waals surface area contributed by atoms with Crippen LogP contribution in [0, 0.1) is 0 Å². The zero-order valence-electron chi connectivity index (χ0n) is 8.96. The van der Waals surface area contributed by atoms with Gasteiger partial charge in [-0.05, 0) is 5.56 Å². The maximum atomic E-state index is 11.4. The minimum atomic E-state index is -5.94. The van der Waals surface area contributed by atoms with E-state index in [-0.39, 0.29) is 0 Å². The van der Waals surface area contributed by atoms with Crippen LogP contribution in [-0.4, -0.2) is 23.6 Å². The summed E-state index contributed by atoms with van der Waals surface area (Å²) in [6.45, 7) is 3.63. The van der Waals surface area contributed by atoms with E-state index in [2.05, 4.69) is 6.58 Å². The van der Waals surface area contributed by atoms with Crippen LogP contribution < -0.4 is 0 Å². The lowest BCUT2D eigenvalue weighted by molar-refractivity contribution is -0.352. The number of halogens is 6. The maximum Gasteiger partial charge on any atom is 0.454 e. The molecule has 0 heterocycles. The van der Waals surface area contributed by atoms with Crippen LogP contribution in [0.2, 0.25) is 0 Å². The molecule has 1 nitrogen and oxygen atoms in total. The molecule has 1 N–H and O–H groups in total. The summed E-state index contributed by atoms with van der Waals surface area (Å²) in [4.78, 5) is 0. The molecular weight excluding hydrogens is 262 g/mol. The van der Waals surface area contributed by atoms with E-state index in [0.29, 0.717) is 0 Å². The Hall–Kier alpha value is -1.50. The predicted octanol–water partition coefficient (Wildman–Crippen LogP) is 3.80. The summed E-state index contributed by atoms with van der Waals surface area (Å²) in [5, 5.41) is 7.39. The molecule has 0 fully saturated rings. The van der Waals surface area contributed by atoms with Gasteiger partial charge < -0.3 is 5.11 Å². The van der Waals surface area contributed by atoms with Gasteiger partial charge in [0, 0.05) is 0 Å². The number of hydrogen-bond donors (Lipinski definition) is 1. The monoisotopic (exact) mass is 272 g/mol. The summed E-state index contributed by atoms with van der Waals surface area (Å²) >= 11 is 0. The Morgan fingerprint density at radius 2 is 1.50 bits per heavy atom. The van der Waals surface area contributed by atoms with E-state index in [4.69, 9.17) is 5.11 Å². The van der Waals surface area contributed by atoms with Crippen molar-refractivity contribution in [1.82, 2.24) is 0 Å². The van der Waals surface area contributed by atoms with Crippen molar-refractivity contribution in [2.75, 3.05) is 0 Å². The first-order valence-corrected chi connectivity index (χ1v) is 4.56. The highest BCUT2D eigenvalue weighted by Gasteiger charge is 2.62. The Bertz CT molecular complexity index is 358. The average molecular weight is 272 g/mol. The molecule has 0 saturated heterocycles. The Labute approximate surface area is 99.4 Å². The summed E-state index contributed by atoms with van der Waals surface area (Å²) in [7, 11) is 0. The van der Waals surface area contributed by atoms with E-state index in [1.54, 1.807) is 0 Å². The van der Waals surface area contributed by atoms with Crippen molar-refractivity contribution in [3.05, 3.63) is 42.5 Å². The van der Waals surface area contributed by atoms with E-state index in [1.807, 2.05) is 36.4 Å². The fourth-order valence-corrected chi connectivity index (χ4v) is 0.713. The summed E-state index contributed by atoms with van der Waals surface area (Å²) < 4.78 is 66.3. The first-order chi connectivity index (χ1) is 8.13. The quantitative estimate of drug-likeness (QED) is 0.812. The molecule has 0 aliphatic carbocycles. The highest BCUT2D eigenvalue weighted by atomic mass is 19.4. The zero-order valence-corrected chi connectivity index (χ0v) is 8.96. The second-order valence-electron chi connectivity index (χ2n) is 3.09. The lowest BCUT2D eigenvalue weighted by Gasteiger charge is -2.20. The standard InChI is InChI=1S/C8H8.C3H2F6O/c1-2-8-6-4-3-5-7-8;4-1(5)2(6,10)3(7,8)9/h2-7H,1H2;1,10H. The lowest BCUT2D eigenvalue weighted by atomic mass is 10.2. The highest BCUT2D eigenvalue weighted by Crippen LogP contribution is 2.36. The molecule has 0 bridgehead atoms. The van der Waals surface area contributed by atoms with Crippen LogP contribution in [0.15, 0.2) is 36.9 Å². The predicted molar refractivity (Wildman–Crippen MR) is 54.6 cm³/mol. The van der Waals surface area contributed by atoms with Gasteiger partial charge >= 0.3 is 18.5 Å². The van der Waals surface area contributed by atoms with Crippen LogP contribution in [0.1, 0.15) is 5.56 Å². The van der Waals surface area contributed by atoms with E-state index >= 15 is 0 Å². The van der Waals surface area contributed by atoms with Crippen molar-refractivity contribution in [3.63, 3.8) is 0 Å². The highest BCUT2D eigenvalue weighted by molar-refractivity contribution is 5.45. The summed E-state index contributed by atoms with van der Waals surface area (Å²) in [6, 6.07) is 10.0. The molecule has 1 aromatic carbocycles. The molecule has 1 unspecified atom stereocenters. The van der Waals surface area contributed by atoms with Crippen molar-refractivity contribution in [1.29, 1.82) is 0 Å². The molecule has 1 atom stereocenters. The van der Waals surface area contributed by atoms with Gasteiger partial charge in [-0.2, -0.15) is 17.6 Å². The van der Waals surface area contributed by atoms with Crippen LogP contribution >= 0.6 is 0 Å². The van der Waals surface area contributed by atoms with Crippen molar-refractivity contribution in [3.8, 4) is 0 Å². The third-order valence-corrected chi connectivity index (χ3v) is 1.72. The Morgan fingerprint density at radius 3 is 1.67 bits per heavy atom. The number of aliphatic hydroxyl groups is 1. The normalized spacial score (nSPS) is 14.4. The van der Waals surface area contributed by atoms with E-state index in [1.165, 1.54) is 5.56 Å². The van der Waals surface area contributed by atoms with Gasteiger partial charge in [-0.15, -0.1) is 0 Å². The van der Waals surface area contributed by atoms with Gasteiger partial charge in [0.2, 0.25) is 0 Å². The van der Waals surface area contributed by atoms with Crippen molar-refractivity contribution < 1.29 is 31.4 Å². The fraction of sp³-hybridized carbons (Fsp3) is 0.273. The first kappa shape index (κ1) is 16.5. The largest absolute Gasteiger partial charge is 0.454 e. The maximum absolute atomic E-state index is 11.4. The van der Waals surface area contributed by atoms with Gasteiger partial charge in [0.1, 0.15) is 0 Å². The van der Waals surface area contributed by atoms with Gasteiger partial charge in [0.05, 0.1) is 0 Å². The minimum absolute atomic E-state index is 1.17. The van der Waals surface area contributed by atoms with E-state index < -0.39 is 18.5 Å². The molecule has 1 aromatic rings. The van der Waals surface area contributed by atoms with Crippen molar-refractivity contribution >= 4 is 6.08 Å². The summed E-state index contributed by atoms with van der Waals surface area (Å²) in [5.41, 5.74) is 1.17. The van der Waals surface area contributed by atoms with Crippen LogP contribution in [0.4, 0.5) is 26.3 Å². The fourth-order valence-electron chi connectivity index (χ4n) is 0.713. The molecule has 0 aliphatic heterocycles. The summed E-state index contributed by atoms with van der Waals surface area (Å²) in [5.74, 6) is -5.40. The Kier molecular flexibility index (Phi) is 5.90. The molecule has 0 spiro atoms. The molecule has 1 rings (SSSR count). The number of rotatable bonds is 2. The molecule has 102 valence electrons. The zero-order chi connectivity index (χ0) is 14.4. The molecule has 0 aliphatic rings. The molecule has 7 heteroatoms. The second kappa shape index (κ2) is 6.44. The molecule has 0 aromatic heterocycles. The molecule has 0 saturated carbocycles. The van der Waals surface area contributed by atoms with Gasteiger partial charge in [-0.1, -0.05) is 43.0 Å². The Morgan fingerprint density at radius 1 is 1.06 bits per heavy atom. The first-order valence-electron chi connectivity index (χ1n) is 4.56. The minimum Gasteiger partial charge on any atom is -0.350 e. The third kappa shape index (κ3) is 4.79. The van der Waals surface area contributed by atoms with Gasteiger partial charge in [-0.3, -0.25) is 0 Å². The van der Waals surface area contributed by atoms with Gasteiger partial charge in [0.15, 0.2) is 0 Å². The van der Waals surface area contributed by atoms with E-state index in [0.717, 1.165) is 0 Å². The number of hydrogen-bond acceptors (Lipinski definition) is 1. The van der Waals surface area contributed by atoms with Crippen LogP contribution in [0.5, 0.6) is 0 Å². The van der Waals surface area contributed by atoms with Gasteiger partial charge in [0.25, 0.3) is 0 Å². The smallest absolute Gasteiger partial charge is 0.350 e. The third-order valence-electron chi connectivity index (χ3n) is 1.72. The van der Waals surface area contributed by atoms with Crippen LogP contribution in [0.25, 0.3) is 6.08 Å². The van der Waals surface area contributed by atoms with Crippen LogP contribution in [0.3, 0.4) is 0 Å². The van der Waals surface area contributed by atoms with Crippen molar-refractivity contribution in [2.45, 2.75) is 18.5 Å². The second-order valence-corrected chi connectivity index (χ2v) is 3.09. The van der Waals surface area contributed by atoms with Crippen LogP contribution in [-0.2, 0) is 0 Å². The van der Waals surface area contributed by atoms with Crippen molar-refractivity contribution in [2.24, 2.45) is 0 Å². The molecule has 0 radical (unpaired) electrons. The number of benzene rings is 1. The number of alkyl halides is 6. The average Bonchev–Trinajstić information content (AvgIpc) is 2.29. The van der Waals surface area contributed by atoms with E-state index in [9.17, 15) is 26.3 Å². The molecule has 18 heavy (non-hydrogen) atoms. The Balaban J connectivity index is 0.000000327. The molecular formula is C11H10F6O. The topological polar surface area (TPSA) is 20.2 Å². The molecule has 0 amide bonds. The van der Waals surface area contributed by atoms with Gasteiger partial charge in [-0.25, -0.2) is 8.78 Å². The SMILES string of the molecule is C=Cc1ccccc1.OC(F)(C(F)F)C(F)(F)F.